The highest BCUT2D eigenvalue weighted by Gasteiger charge is 2.28. The van der Waals surface area contributed by atoms with E-state index >= 15 is 0 Å². The van der Waals surface area contributed by atoms with Crippen LogP contribution < -0.4 is 9.47 Å². The van der Waals surface area contributed by atoms with E-state index in [2.05, 4.69) is 6.07 Å². The van der Waals surface area contributed by atoms with Crippen LogP contribution in [0.25, 0.3) is 0 Å². The lowest BCUT2D eigenvalue weighted by Crippen LogP contribution is -2.33. The third kappa shape index (κ3) is 2.44. The van der Waals surface area contributed by atoms with Crippen molar-refractivity contribution >= 4 is 5.91 Å². The van der Waals surface area contributed by atoms with E-state index < -0.39 is 0 Å². The molecule has 118 valence electrons. The van der Waals surface area contributed by atoms with Gasteiger partial charge in [0.1, 0.15) is 11.5 Å². The maximum atomic E-state index is 12.7. The molecule has 0 aromatic heterocycles. The molecule has 0 spiro atoms. The Morgan fingerprint density at radius 2 is 1.82 bits per heavy atom. The number of benzene rings is 1. The van der Waals surface area contributed by atoms with Gasteiger partial charge in [0.25, 0.3) is 0 Å². The third-order valence-corrected chi connectivity index (χ3v) is 5.05. The summed E-state index contributed by atoms with van der Waals surface area (Å²) in [6, 6.07) is 2.12. The van der Waals surface area contributed by atoms with Gasteiger partial charge < -0.3 is 14.4 Å². The van der Waals surface area contributed by atoms with Gasteiger partial charge in [-0.05, 0) is 18.9 Å². The highest BCUT2D eigenvalue weighted by atomic mass is 16.5. The lowest BCUT2D eigenvalue weighted by molar-refractivity contribution is -0.130. The number of fused-ring (bicyclic) bond motifs is 2. The molecule has 0 N–H and O–H groups in total. The van der Waals surface area contributed by atoms with Crippen molar-refractivity contribution in [3.8, 4) is 11.5 Å². The Morgan fingerprint density at radius 1 is 1.05 bits per heavy atom. The largest absolute Gasteiger partial charge is 0.493 e. The van der Waals surface area contributed by atoms with Gasteiger partial charge in [0, 0.05) is 42.6 Å². The summed E-state index contributed by atoms with van der Waals surface area (Å²) in [5.41, 5.74) is 3.50. The maximum absolute atomic E-state index is 12.7. The average molecular weight is 301 g/mol. The SMILES string of the molecule is O=C(Cc1c2c(cc3c1OCC3)OCC2)N1CCCCCC1. The number of nitrogens with zero attached hydrogens (tertiary/aromatic N) is 1. The minimum absolute atomic E-state index is 0.250. The first-order chi connectivity index (χ1) is 10.8. The van der Waals surface area contributed by atoms with Gasteiger partial charge >= 0.3 is 0 Å². The molecule has 4 rings (SSSR count). The third-order valence-electron chi connectivity index (χ3n) is 5.05. The lowest BCUT2D eigenvalue weighted by Gasteiger charge is -2.21. The summed E-state index contributed by atoms with van der Waals surface area (Å²) in [4.78, 5) is 14.8. The van der Waals surface area contributed by atoms with Gasteiger partial charge in [-0.2, -0.15) is 0 Å². The molecule has 4 heteroatoms. The zero-order valence-electron chi connectivity index (χ0n) is 13.0. The Kier molecular flexibility index (Phi) is 3.68. The Bertz CT molecular complexity index is 556. The zero-order chi connectivity index (χ0) is 14.9. The van der Waals surface area contributed by atoms with Crippen LogP contribution >= 0.6 is 0 Å². The van der Waals surface area contributed by atoms with Gasteiger partial charge in [0.15, 0.2) is 0 Å². The Balaban J connectivity index is 1.61. The highest BCUT2D eigenvalue weighted by molar-refractivity contribution is 5.81. The van der Waals surface area contributed by atoms with Gasteiger partial charge in [-0.3, -0.25) is 4.79 Å². The van der Waals surface area contributed by atoms with E-state index in [4.69, 9.17) is 9.47 Å². The van der Waals surface area contributed by atoms with Crippen molar-refractivity contribution < 1.29 is 14.3 Å². The summed E-state index contributed by atoms with van der Waals surface area (Å²) in [5, 5.41) is 0. The summed E-state index contributed by atoms with van der Waals surface area (Å²) in [7, 11) is 0. The van der Waals surface area contributed by atoms with Crippen LogP contribution in [-0.4, -0.2) is 37.1 Å². The van der Waals surface area contributed by atoms with E-state index in [-0.39, 0.29) is 5.91 Å². The second-order valence-electron chi connectivity index (χ2n) is 6.49. The van der Waals surface area contributed by atoms with Gasteiger partial charge in [-0.1, -0.05) is 12.8 Å². The number of carbonyl (C=O) groups is 1. The van der Waals surface area contributed by atoms with Crippen LogP contribution in [0.3, 0.4) is 0 Å². The monoisotopic (exact) mass is 301 g/mol. The number of carbonyl (C=O) groups excluding carboxylic acids is 1. The zero-order valence-corrected chi connectivity index (χ0v) is 13.0. The molecule has 22 heavy (non-hydrogen) atoms. The quantitative estimate of drug-likeness (QED) is 0.842. The van der Waals surface area contributed by atoms with Crippen molar-refractivity contribution in [1.29, 1.82) is 0 Å². The molecule has 0 unspecified atom stereocenters. The van der Waals surface area contributed by atoms with Crippen molar-refractivity contribution in [2.45, 2.75) is 44.9 Å². The molecule has 0 radical (unpaired) electrons. The summed E-state index contributed by atoms with van der Waals surface area (Å²) >= 11 is 0. The standard InChI is InChI=1S/C18H23NO3/c20-17(19-7-3-1-2-4-8-19)12-15-14-6-10-21-16(14)11-13-5-9-22-18(13)15/h11H,1-10,12H2. The fourth-order valence-electron chi connectivity index (χ4n) is 3.86. The minimum atomic E-state index is 0.250. The predicted molar refractivity (Wildman–Crippen MR) is 83.6 cm³/mol. The smallest absolute Gasteiger partial charge is 0.227 e. The number of ether oxygens (including phenoxy) is 2. The second-order valence-corrected chi connectivity index (χ2v) is 6.49. The molecule has 1 aromatic carbocycles. The molecule has 1 saturated heterocycles. The van der Waals surface area contributed by atoms with Gasteiger partial charge in [0.05, 0.1) is 19.6 Å². The van der Waals surface area contributed by atoms with Crippen LogP contribution in [0.15, 0.2) is 6.07 Å². The normalized spacial score (nSPS) is 19.9. The molecule has 1 aromatic rings. The van der Waals surface area contributed by atoms with E-state index in [1.165, 1.54) is 24.0 Å². The molecule has 3 aliphatic heterocycles. The number of rotatable bonds is 2. The molecule has 1 amide bonds. The van der Waals surface area contributed by atoms with Crippen LogP contribution in [0, 0.1) is 0 Å². The summed E-state index contributed by atoms with van der Waals surface area (Å²) in [6.07, 6.45) is 7.06. The van der Waals surface area contributed by atoms with E-state index in [9.17, 15) is 4.79 Å². The fourth-order valence-corrected chi connectivity index (χ4v) is 3.86. The highest BCUT2D eigenvalue weighted by Crippen LogP contribution is 2.41. The van der Waals surface area contributed by atoms with E-state index in [1.54, 1.807) is 0 Å². The molecule has 0 aliphatic carbocycles. The maximum Gasteiger partial charge on any atom is 0.227 e. The second kappa shape index (κ2) is 5.82. The lowest BCUT2D eigenvalue weighted by atomic mass is 9.97. The van der Waals surface area contributed by atoms with Crippen molar-refractivity contribution in [3.63, 3.8) is 0 Å². The number of hydrogen-bond donors (Lipinski definition) is 0. The van der Waals surface area contributed by atoms with Crippen LogP contribution in [0.5, 0.6) is 11.5 Å². The van der Waals surface area contributed by atoms with Crippen molar-refractivity contribution in [2.24, 2.45) is 0 Å². The van der Waals surface area contributed by atoms with Crippen LogP contribution in [-0.2, 0) is 24.1 Å². The minimum Gasteiger partial charge on any atom is -0.493 e. The van der Waals surface area contributed by atoms with E-state index in [1.807, 2.05) is 4.90 Å². The molecule has 0 saturated carbocycles. The first-order valence-corrected chi connectivity index (χ1v) is 8.54. The Labute approximate surface area is 131 Å². The van der Waals surface area contributed by atoms with Crippen LogP contribution in [0.1, 0.15) is 42.4 Å². The van der Waals surface area contributed by atoms with Crippen molar-refractivity contribution in [3.05, 3.63) is 22.8 Å². The fraction of sp³-hybridized carbons (Fsp3) is 0.611. The topological polar surface area (TPSA) is 38.8 Å². The van der Waals surface area contributed by atoms with Crippen molar-refractivity contribution in [1.82, 2.24) is 4.90 Å². The summed E-state index contributed by atoms with van der Waals surface area (Å²) in [5.74, 6) is 2.19. The number of likely N-dealkylation sites (tertiary alicyclic amines) is 1. The first-order valence-electron chi connectivity index (χ1n) is 8.54. The van der Waals surface area contributed by atoms with Gasteiger partial charge in [-0.25, -0.2) is 0 Å². The molecule has 0 atom stereocenters. The van der Waals surface area contributed by atoms with Gasteiger partial charge in [0.2, 0.25) is 5.91 Å². The molecular weight excluding hydrogens is 278 g/mol. The Hall–Kier alpha value is -1.71. The molecule has 3 heterocycles. The first kappa shape index (κ1) is 13.9. The summed E-state index contributed by atoms with van der Waals surface area (Å²) in [6.45, 7) is 3.27. The van der Waals surface area contributed by atoms with Crippen molar-refractivity contribution in [2.75, 3.05) is 26.3 Å². The molecule has 4 nitrogen and oxygen atoms in total. The Morgan fingerprint density at radius 3 is 2.64 bits per heavy atom. The molecule has 3 aliphatic rings. The molecule has 0 bridgehead atoms. The summed E-state index contributed by atoms with van der Waals surface area (Å²) < 4.78 is 11.6. The van der Waals surface area contributed by atoms with E-state index in [0.29, 0.717) is 6.42 Å². The van der Waals surface area contributed by atoms with Crippen LogP contribution in [0.2, 0.25) is 0 Å². The number of amides is 1. The molecular formula is C18H23NO3. The number of hydrogen-bond acceptors (Lipinski definition) is 3. The van der Waals surface area contributed by atoms with Gasteiger partial charge in [-0.15, -0.1) is 0 Å². The average Bonchev–Trinajstić information content (AvgIpc) is 3.09. The van der Waals surface area contributed by atoms with Crippen LogP contribution in [0.4, 0.5) is 0 Å². The van der Waals surface area contributed by atoms with E-state index in [0.717, 1.165) is 69.0 Å². The molecule has 1 fully saturated rings. The predicted octanol–water partition coefficient (Wildman–Crippen LogP) is 2.50.